The van der Waals surface area contributed by atoms with Gasteiger partial charge in [-0.15, -0.1) is 0 Å². The number of benzene rings is 2. The molecule has 2 aromatic rings. The number of hydrogen-bond donors (Lipinski definition) is 2. The number of carboxylic acid groups (broad SMARTS) is 2. The van der Waals surface area contributed by atoms with Crippen LogP contribution in [0.3, 0.4) is 0 Å². The van der Waals surface area contributed by atoms with Gasteiger partial charge in [0.25, 0.3) is 0 Å². The van der Waals surface area contributed by atoms with Crippen LogP contribution in [0.5, 0.6) is 11.5 Å². The maximum absolute atomic E-state index is 11.1. The van der Waals surface area contributed by atoms with E-state index in [1.165, 1.54) is 24.3 Å². The van der Waals surface area contributed by atoms with Crippen molar-refractivity contribution in [2.75, 3.05) is 0 Å². The standard InChI is InChI=1S/2C15H22O3.Zn/c2*1-14(2,3)10-7-9(13(17)18)8-11(12(10)16)15(4,5)6;/h2*7-8,16H,1-6H3,(H,17,18);/q;;+2/p-2. The van der Waals surface area contributed by atoms with E-state index in [0.29, 0.717) is 22.3 Å². The van der Waals surface area contributed by atoms with E-state index in [2.05, 4.69) is 0 Å². The van der Waals surface area contributed by atoms with Crippen LogP contribution in [-0.4, -0.2) is 22.2 Å². The molecule has 7 heteroatoms. The van der Waals surface area contributed by atoms with Gasteiger partial charge in [0.1, 0.15) is 11.5 Å². The van der Waals surface area contributed by atoms with E-state index < -0.39 is 11.9 Å². The van der Waals surface area contributed by atoms with E-state index in [1.807, 2.05) is 83.1 Å². The quantitative estimate of drug-likeness (QED) is 0.511. The van der Waals surface area contributed by atoms with Gasteiger partial charge in [0, 0.05) is 22.3 Å². The molecule has 0 aliphatic carbocycles. The fraction of sp³-hybridized carbons (Fsp3) is 0.533. The minimum absolute atomic E-state index is 0. The monoisotopic (exact) mass is 562 g/mol. The Kier molecular flexibility index (Phi) is 10.8. The molecule has 2 N–H and O–H groups in total. The fourth-order valence-corrected chi connectivity index (χ4v) is 3.79. The predicted molar refractivity (Wildman–Crippen MR) is 140 cm³/mol. The zero-order valence-corrected chi connectivity index (χ0v) is 27.5. The molecule has 37 heavy (non-hydrogen) atoms. The Morgan fingerprint density at radius 1 is 0.514 bits per heavy atom. The summed E-state index contributed by atoms with van der Waals surface area (Å²) < 4.78 is 0. The predicted octanol–water partition coefficient (Wildman–Crippen LogP) is 4.70. The van der Waals surface area contributed by atoms with Crippen LogP contribution in [-0.2, 0) is 41.1 Å². The Labute approximate surface area is 234 Å². The van der Waals surface area contributed by atoms with E-state index >= 15 is 0 Å². The molecule has 0 saturated heterocycles. The number of carboxylic acids is 2. The summed E-state index contributed by atoms with van der Waals surface area (Å²) in [7, 11) is 0. The molecule has 0 aliphatic rings. The summed E-state index contributed by atoms with van der Waals surface area (Å²) in [5.41, 5.74) is 1.47. The number of phenolic OH excluding ortho intramolecular Hbond substituents is 2. The molecule has 0 atom stereocenters. The van der Waals surface area contributed by atoms with Gasteiger partial charge in [0.15, 0.2) is 0 Å². The molecule has 6 nitrogen and oxygen atoms in total. The molecule has 0 aromatic heterocycles. The van der Waals surface area contributed by atoms with E-state index in [4.69, 9.17) is 0 Å². The van der Waals surface area contributed by atoms with Crippen molar-refractivity contribution in [3.8, 4) is 11.5 Å². The minimum Gasteiger partial charge on any atom is -0.545 e. The van der Waals surface area contributed by atoms with Crippen molar-refractivity contribution in [2.45, 2.75) is 105 Å². The summed E-state index contributed by atoms with van der Waals surface area (Å²) >= 11 is 0. The van der Waals surface area contributed by atoms with Gasteiger partial charge in [-0.3, -0.25) is 0 Å². The van der Waals surface area contributed by atoms with Crippen LogP contribution in [0.4, 0.5) is 0 Å². The van der Waals surface area contributed by atoms with Gasteiger partial charge in [-0.05, 0) is 57.1 Å². The van der Waals surface area contributed by atoms with Gasteiger partial charge in [-0.2, -0.15) is 0 Å². The third kappa shape index (κ3) is 8.84. The van der Waals surface area contributed by atoms with Crippen LogP contribution < -0.4 is 10.2 Å². The molecule has 200 valence electrons. The summed E-state index contributed by atoms with van der Waals surface area (Å²) in [5.74, 6) is -2.07. The molecule has 0 amide bonds. The second kappa shape index (κ2) is 11.6. The van der Waals surface area contributed by atoms with Crippen LogP contribution in [0, 0.1) is 0 Å². The van der Waals surface area contributed by atoms with Crippen LogP contribution >= 0.6 is 0 Å². The topological polar surface area (TPSA) is 121 Å². The van der Waals surface area contributed by atoms with Crippen molar-refractivity contribution >= 4 is 11.9 Å². The van der Waals surface area contributed by atoms with E-state index in [9.17, 15) is 30.0 Å². The zero-order chi connectivity index (χ0) is 28.6. The van der Waals surface area contributed by atoms with E-state index in [0.717, 1.165) is 0 Å². The van der Waals surface area contributed by atoms with Gasteiger partial charge >= 0.3 is 19.5 Å². The van der Waals surface area contributed by atoms with Gasteiger partial charge in [-0.1, -0.05) is 83.1 Å². The van der Waals surface area contributed by atoms with E-state index in [1.54, 1.807) is 0 Å². The number of aromatic hydroxyl groups is 2. The van der Waals surface area contributed by atoms with Crippen molar-refractivity contribution in [2.24, 2.45) is 0 Å². The smallest absolute Gasteiger partial charge is 0.545 e. The van der Waals surface area contributed by atoms with Crippen molar-refractivity contribution in [3.63, 3.8) is 0 Å². The maximum atomic E-state index is 11.1. The van der Waals surface area contributed by atoms with Crippen LogP contribution in [0.25, 0.3) is 0 Å². The molecular formula is C30H42O6Zn. The Morgan fingerprint density at radius 3 is 0.784 bits per heavy atom. The van der Waals surface area contributed by atoms with Crippen molar-refractivity contribution < 1.29 is 49.5 Å². The average Bonchev–Trinajstić information content (AvgIpc) is 2.64. The largest absolute Gasteiger partial charge is 2.00 e. The molecule has 0 heterocycles. The van der Waals surface area contributed by atoms with Crippen molar-refractivity contribution in [3.05, 3.63) is 57.6 Å². The molecule has 0 bridgehead atoms. The number of hydrogen-bond acceptors (Lipinski definition) is 6. The minimum atomic E-state index is -1.22. The van der Waals surface area contributed by atoms with Gasteiger partial charge in [-0.25, -0.2) is 0 Å². The van der Waals surface area contributed by atoms with Gasteiger partial charge < -0.3 is 30.0 Å². The number of aromatic carboxylic acids is 2. The molecule has 0 fully saturated rings. The van der Waals surface area contributed by atoms with E-state index in [-0.39, 0.29) is 63.8 Å². The summed E-state index contributed by atoms with van der Waals surface area (Å²) in [5, 5.41) is 42.9. The normalized spacial score (nSPS) is 12.2. The first kappa shape index (κ1) is 34.6. The second-order valence-corrected chi connectivity index (χ2v) is 13.4. The van der Waals surface area contributed by atoms with Crippen molar-refractivity contribution in [1.82, 2.24) is 0 Å². The van der Waals surface area contributed by atoms with Crippen molar-refractivity contribution in [1.29, 1.82) is 0 Å². The molecule has 0 aliphatic heterocycles. The summed E-state index contributed by atoms with van der Waals surface area (Å²) in [6, 6.07) is 6.00. The first-order valence-electron chi connectivity index (χ1n) is 12.1. The molecule has 0 spiro atoms. The Balaban J connectivity index is 0.000000682. The number of carbonyl (C=O) groups is 2. The fourth-order valence-electron chi connectivity index (χ4n) is 3.79. The molecule has 0 radical (unpaired) electrons. The Hall–Kier alpha value is -2.40. The summed E-state index contributed by atoms with van der Waals surface area (Å²) in [4.78, 5) is 22.2. The van der Waals surface area contributed by atoms with Crippen LogP contribution in [0.2, 0.25) is 0 Å². The number of rotatable bonds is 2. The molecular weight excluding hydrogens is 522 g/mol. The van der Waals surface area contributed by atoms with Gasteiger partial charge in [0.05, 0.1) is 11.9 Å². The van der Waals surface area contributed by atoms with Crippen LogP contribution in [0.1, 0.15) is 126 Å². The first-order chi connectivity index (χ1) is 15.9. The molecule has 0 unspecified atom stereocenters. The Bertz CT molecular complexity index is 975. The first-order valence-corrected chi connectivity index (χ1v) is 12.1. The third-order valence-electron chi connectivity index (χ3n) is 5.92. The zero-order valence-electron chi connectivity index (χ0n) is 24.5. The number of carbonyl (C=O) groups excluding carboxylic acids is 2. The summed E-state index contributed by atoms with van der Waals surface area (Å²) in [6.45, 7) is 23.3. The number of phenols is 2. The average molecular weight is 564 g/mol. The van der Waals surface area contributed by atoms with Gasteiger partial charge in [0.2, 0.25) is 0 Å². The third-order valence-corrected chi connectivity index (χ3v) is 5.92. The SMILES string of the molecule is CC(C)(C)c1cc(C(=O)[O-])cc(C(C)(C)C)c1O.CC(C)(C)c1cc(C(=O)[O-])cc(C(C)(C)C)c1O.[Zn+2]. The molecule has 2 rings (SSSR count). The molecule has 2 aromatic carbocycles. The Morgan fingerprint density at radius 2 is 0.676 bits per heavy atom. The second-order valence-electron chi connectivity index (χ2n) is 13.4. The maximum Gasteiger partial charge on any atom is 2.00 e. The van der Waals surface area contributed by atoms with Crippen LogP contribution in [0.15, 0.2) is 24.3 Å². The molecule has 0 saturated carbocycles. The summed E-state index contributed by atoms with van der Waals surface area (Å²) in [6.07, 6.45) is 0.